The number of rotatable bonds is 7. The summed E-state index contributed by atoms with van der Waals surface area (Å²) in [5.41, 5.74) is 2.04. The maximum Gasteiger partial charge on any atom is 0.230 e. The first kappa shape index (κ1) is 17.2. The van der Waals surface area contributed by atoms with Crippen molar-refractivity contribution in [2.45, 2.75) is 20.4 Å². The topological polar surface area (TPSA) is 44.7 Å². The predicted molar refractivity (Wildman–Crippen MR) is 102 cm³/mol. The second-order valence-electron chi connectivity index (χ2n) is 5.66. The van der Waals surface area contributed by atoms with Gasteiger partial charge in [0.25, 0.3) is 0 Å². The standard InChI is InChI=1S/C19H22N5S/c1-3-24(14-13-23-11-5-4-6-12-23)18-9-7-17(8-10-18)21-22-19-20-15-16(2)25-19/h4-12,15H,3,13-14H2,1-2H3/q+1/b22-21+. The summed E-state index contributed by atoms with van der Waals surface area (Å²) < 4.78 is 2.20. The molecule has 0 radical (unpaired) electrons. The summed E-state index contributed by atoms with van der Waals surface area (Å²) in [6.45, 7) is 7.07. The Kier molecular flexibility index (Phi) is 5.85. The van der Waals surface area contributed by atoms with Crippen molar-refractivity contribution in [1.82, 2.24) is 4.98 Å². The molecule has 128 valence electrons. The maximum absolute atomic E-state index is 4.26. The Balaban J connectivity index is 1.62. The second-order valence-corrected chi connectivity index (χ2v) is 6.88. The van der Waals surface area contributed by atoms with Crippen LogP contribution in [0.25, 0.3) is 0 Å². The Labute approximate surface area is 152 Å². The van der Waals surface area contributed by atoms with Crippen LogP contribution in [0.4, 0.5) is 16.5 Å². The Morgan fingerprint density at radius 1 is 1.08 bits per heavy atom. The molecule has 2 heterocycles. The highest BCUT2D eigenvalue weighted by molar-refractivity contribution is 7.15. The molecular weight excluding hydrogens is 330 g/mol. The van der Waals surface area contributed by atoms with E-state index in [1.54, 1.807) is 11.3 Å². The summed E-state index contributed by atoms with van der Waals surface area (Å²) in [5.74, 6) is 0. The van der Waals surface area contributed by atoms with Gasteiger partial charge in [0.1, 0.15) is 0 Å². The molecule has 0 N–H and O–H groups in total. The van der Waals surface area contributed by atoms with Crippen molar-refractivity contribution in [3.63, 3.8) is 0 Å². The van der Waals surface area contributed by atoms with Gasteiger partial charge in [-0.05, 0) is 38.1 Å². The van der Waals surface area contributed by atoms with Crippen molar-refractivity contribution < 1.29 is 4.57 Å². The van der Waals surface area contributed by atoms with Gasteiger partial charge in [-0.1, -0.05) is 17.4 Å². The van der Waals surface area contributed by atoms with Gasteiger partial charge in [-0.3, -0.25) is 0 Å². The summed E-state index contributed by atoms with van der Waals surface area (Å²) in [6, 6.07) is 14.3. The highest BCUT2D eigenvalue weighted by Gasteiger charge is 2.07. The molecule has 0 unspecified atom stereocenters. The number of hydrogen-bond donors (Lipinski definition) is 0. The quantitative estimate of drug-likeness (QED) is 0.458. The highest BCUT2D eigenvalue weighted by atomic mass is 32.1. The molecule has 0 aliphatic rings. The lowest BCUT2D eigenvalue weighted by Crippen LogP contribution is -2.40. The zero-order valence-corrected chi connectivity index (χ0v) is 15.4. The van der Waals surface area contributed by atoms with Crippen LogP contribution in [0.15, 0.2) is 71.3 Å². The Morgan fingerprint density at radius 2 is 1.84 bits per heavy atom. The van der Waals surface area contributed by atoms with E-state index in [2.05, 4.69) is 68.3 Å². The third kappa shape index (κ3) is 4.93. The van der Waals surface area contributed by atoms with Crippen LogP contribution in [-0.4, -0.2) is 18.1 Å². The van der Waals surface area contributed by atoms with Crippen LogP contribution < -0.4 is 9.47 Å². The van der Waals surface area contributed by atoms with Crippen molar-refractivity contribution >= 4 is 27.8 Å². The zero-order chi connectivity index (χ0) is 17.5. The van der Waals surface area contributed by atoms with Gasteiger partial charge in [-0.25, -0.2) is 9.55 Å². The molecule has 1 aromatic carbocycles. The molecule has 25 heavy (non-hydrogen) atoms. The van der Waals surface area contributed by atoms with Crippen molar-refractivity contribution in [2.75, 3.05) is 18.0 Å². The van der Waals surface area contributed by atoms with Gasteiger partial charge in [0.05, 0.1) is 12.2 Å². The van der Waals surface area contributed by atoms with Crippen LogP contribution in [0.3, 0.4) is 0 Å². The fourth-order valence-electron chi connectivity index (χ4n) is 2.51. The molecule has 0 amide bonds. The van der Waals surface area contributed by atoms with Crippen LogP contribution in [0.2, 0.25) is 0 Å². The number of hydrogen-bond acceptors (Lipinski definition) is 5. The molecule has 0 atom stereocenters. The number of pyridine rings is 1. The van der Waals surface area contributed by atoms with Crippen molar-refractivity contribution in [1.29, 1.82) is 0 Å². The lowest BCUT2D eigenvalue weighted by atomic mass is 10.2. The SMILES string of the molecule is CCN(CC[n+]1ccccc1)c1ccc(/N=N/c2ncc(C)s2)cc1. The van der Waals surface area contributed by atoms with E-state index in [-0.39, 0.29) is 0 Å². The molecule has 6 heteroatoms. The molecule has 0 bridgehead atoms. The van der Waals surface area contributed by atoms with Crippen LogP contribution in [-0.2, 0) is 6.54 Å². The first-order valence-corrected chi connectivity index (χ1v) is 9.19. The molecular formula is C19H22N5S+. The Bertz CT molecular complexity index is 811. The summed E-state index contributed by atoms with van der Waals surface area (Å²) >= 11 is 1.54. The number of anilines is 1. The van der Waals surface area contributed by atoms with E-state index in [4.69, 9.17) is 0 Å². The summed E-state index contributed by atoms with van der Waals surface area (Å²) in [6.07, 6.45) is 6.00. The fraction of sp³-hybridized carbons (Fsp3) is 0.263. The molecule has 2 aromatic heterocycles. The van der Waals surface area contributed by atoms with E-state index in [0.29, 0.717) is 5.13 Å². The minimum Gasteiger partial charge on any atom is -0.365 e. The first-order chi connectivity index (χ1) is 12.2. The van der Waals surface area contributed by atoms with Crippen LogP contribution >= 0.6 is 11.3 Å². The summed E-state index contributed by atoms with van der Waals surface area (Å²) in [7, 11) is 0. The number of likely N-dealkylation sites (N-methyl/N-ethyl adjacent to an activating group) is 1. The van der Waals surface area contributed by atoms with Crippen molar-refractivity contribution in [3.05, 3.63) is 65.9 Å². The normalized spacial score (nSPS) is 11.1. The van der Waals surface area contributed by atoms with E-state index < -0.39 is 0 Å². The van der Waals surface area contributed by atoms with Crippen LogP contribution in [0.1, 0.15) is 11.8 Å². The lowest BCUT2D eigenvalue weighted by molar-refractivity contribution is -0.694. The summed E-state index contributed by atoms with van der Waals surface area (Å²) in [5, 5.41) is 9.13. The lowest BCUT2D eigenvalue weighted by Gasteiger charge is -2.21. The maximum atomic E-state index is 4.26. The first-order valence-electron chi connectivity index (χ1n) is 8.38. The van der Waals surface area contributed by atoms with Gasteiger partial charge in [0.2, 0.25) is 5.13 Å². The number of azo groups is 1. The average Bonchev–Trinajstić information content (AvgIpc) is 3.08. The monoisotopic (exact) mass is 352 g/mol. The van der Waals surface area contributed by atoms with Gasteiger partial charge in [0.15, 0.2) is 18.9 Å². The van der Waals surface area contributed by atoms with Crippen molar-refractivity contribution in [2.24, 2.45) is 10.2 Å². The van der Waals surface area contributed by atoms with Gasteiger partial charge in [0, 0.05) is 35.4 Å². The molecule has 0 saturated carbocycles. The number of benzene rings is 1. The van der Waals surface area contributed by atoms with E-state index in [1.165, 1.54) is 5.69 Å². The highest BCUT2D eigenvalue weighted by Crippen LogP contribution is 2.24. The van der Waals surface area contributed by atoms with Gasteiger partial charge in [-0.15, -0.1) is 10.2 Å². The van der Waals surface area contributed by atoms with Gasteiger partial charge < -0.3 is 4.90 Å². The van der Waals surface area contributed by atoms with Gasteiger partial charge in [-0.2, -0.15) is 0 Å². The average molecular weight is 352 g/mol. The van der Waals surface area contributed by atoms with Crippen molar-refractivity contribution in [3.8, 4) is 0 Å². The number of nitrogens with zero attached hydrogens (tertiary/aromatic N) is 5. The Hall–Kier alpha value is -2.60. The molecule has 0 fully saturated rings. The van der Waals surface area contributed by atoms with E-state index in [1.807, 2.05) is 31.3 Å². The van der Waals surface area contributed by atoms with E-state index >= 15 is 0 Å². The largest absolute Gasteiger partial charge is 0.365 e. The molecule has 0 spiro atoms. The molecule has 0 aliphatic heterocycles. The third-order valence-electron chi connectivity index (χ3n) is 3.86. The Morgan fingerprint density at radius 3 is 2.48 bits per heavy atom. The third-order valence-corrected chi connectivity index (χ3v) is 4.66. The number of thiazole rings is 1. The smallest absolute Gasteiger partial charge is 0.230 e. The van der Waals surface area contributed by atoms with Gasteiger partial charge >= 0.3 is 0 Å². The second kappa shape index (κ2) is 8.48. The minimum absolute atomic E-state index is 0.691. The summed E-state index contributed by atoms with van der Waals surface area (Å²) in [4.78, 5) is 7.68. The zero-order valence-electron chi connectivity index (χ0n) is 14.5. The van der Waals surface area contributed by atoms with Crippen LogP contribution in [0, 0.1) is 6.92 Å². The van der Waals surface area contributed by atoms with E-state index in [9.17, 15) is 0 Å². The fourth-order valence-corrected chi connectivity index (χ4v) is 3.09. The molecule has 0 aliphatic carbocycles. The number of aryl methyl sites for hydroxylation is 1. The molecule has 3 aromatic rings. The minimum atomic E-state index is 0.691. The molecule has 0 saturated heterocycles. The molecule has 3 rings (SSSR count). The van der Waals surface area contributed by atoms with E-state index in [0.717, 1.165) is 30.2 Å². The van der Waals surface area contributed by atoms with Crippen LogP contribution in [0.5, 0.6) is 0 Å². The predicted octanol–water partition coefficient (Wildman–Crippen LogP) is 4.68. The molecule has 5 nitrogen and oxygen atoms in total. The number of aromatic nitrogens is 2.